The molecule has 0 saturated carbocycles. The average molecular weight is 513 g/mol. The quantitative estimate of drug-likeness (QED) is 0.408. The minimum Gasteiger partial charge on any atom is -0.337 e. The molecule has 0 spiro atoms. The van der Waals surface area contributed by atoms with Gasteiger partial charge in [-0.1, -0.05) is 41.4 Å². The number of anilines is 2. The summed E-state index contributed by atoms with van der Waals surface area (Å²) in [5.41, 5.74) is -7.50. The fourth-order valence-electron chi connectivity index (χ4n) is 2.61. The van der Waals surface area contributed by atoms with Gasteiger partial charge in [0.05, 0.1) is 27.0 Å². The van der Waals surface area contributed by atoms with Crippen LogP contribution < -0.4 is 5.32 Å². The minimum atomic E-state index is -5.26. The van der Waals surface area contributed by atoms with Crippen molar-refractivity contribution in [2.75, 3.05) is 5.32 Å². The number of benzene rings is 2. The molecule has 1 heterocycles. The van der Waals surface area contributed by atoms with E-state index >= 15 is 0 Å². The first kappa shape index (κ1) is 23.9. The van der Waals surface area contributed by atoms with E-state index < -0.39 is 60.2 Å². The van der Waals surface area contributed by atoms with Crippen molar-refractivity contribution in [3.8, 4) is 11.8 Å². The summed E-state index contributed by atoms with van der Waals surface area (Å²) in [4.78, 5) is -1.03. The number of hydrogen-bond donors (Lipinski definition) is 1. The van der Waals surface area contributed by atoms with Gasteiger partial charge in [0.25, 0.3) is 0 Å². The highest BCUT2D eigenvalue weighted by atomic mass is 35.5. The maximum atomic E-state index is 13.3. The van der Waals surface area contributed by atoms with Gasteiger partial charge in [-0.15, -0.1) is 0 Å². The predicted octanol–water partition coefficient (Wildman–Crippen LogP) is 6.44. The first-order valence-corrected chi connectivity index (χ1v) is 10.2. The molecule has 1 aromatic heterocycles. The number of aromatic nitrogens is 2. The molecule has 3 aromatic rings. The summed E-state index contributed by atoms with van der Waals surface area (Å²) in [7, 11) is -3.72. The van der Waals surface area contributed by atoms with E-state index in [0.29, 0.717) is 12.1 Å². The van der Waals surface area contributed by atoms with Crippen LogP contribution in [0.1, 0.15) is 11.3 Å². The Balaban J connectivity index is 2.27. The van der Waals surface area contributed by atoms with Gasteiger partial charge >= 0.3 is 11.7 Å². The van der Waals surface area contributed by atoms with E-state index in [2.05, 4.69) is 10.4 Å². The van der Waals surface area contributed by atoms with Crippen LogP contribution in [0, 0.1) is 11.3 Å². The van der Waals surface area contributed by atoms with Crippen molar-refractivity contribution in [2.24, 2.45) is 0 Å². The van der Waals surface area contributed by atoms with Gasteiger partial charge in [0.15, 0.2) is 22.3 Å². The number of halogens is 8. The summed E-state index contributed by atoms with van der Waals surface area (Å²) in [5, 5.41) is 14.3. The normalized spacial score (nSPS) is 13.0. The van der Waals surface area contributed by atoms with E-state index in [4.69, 9.17) is 23.2 Å². The monoisotopic (exact) mass is 512 g/mol. The Kier molecular flexibility index (Phi) is 6.46. The molecule has 0 bridgehead atoms. The fraction of sp³-hybridized carbons (Fsp3) is 0.111. The molecule has 0 amide bonds. The Labute approximate surface area is 188 Å². The Morgan fingerprint density at radius 3 is 2.06 bits per heavy atom. The molecular formula is C18H8Cl2F6N4OS. The van der Waals surface area contributed by atoms with Gasteiger partial charge in [0, 0.05) is 0 Å². The molecule has 0 radical (unpaired) electrons. The summed E-state index contributed by atoms with van der Waals surface area (Å²) in [6.07, 6.45) is -4.78. The lowest BCUT2D eigenvalue weighted by atomic mass is 10.2. The molecule has 5 nitrogen and oxygen atoms in total. The van der Waals surface area contributed by atoms with Crippen molar-refractivity contribution in [1.29, 1.82) is 5.26 Å². The number of nitrogens with zero attached hydrogens (tertiary/aromatic N) is 3. The topological polar surface area (TPSA) is 70.7 Å². The highest BCUT2D eigenvalue weighted by Crippen LogP contribution is 2.42. The van der Waals surface area contributed by atoms with Gasteiger partial charge in [0.2, 0.25) is 0 Å². The average Bonchev–Trinajstić information content (AvgIpc) is 3.07. The van der Waals surface area contributed by atoms with Crippen LogP contribution in [0.3, 0.4) is 0 Å². The standard InChI is InChI=1S/C18H8Cl2F6N4OS/c19-11-6-9(17(21,22)23)7-12(20)14(11)28-16-15(32(31)18(24,25)26)13(8-27)29-30(16)10-4-2-1-3-5-10/h1-7,28H. The Bertz CT molecular complexity index is 1210. The fourth-order valence-corrected chi connectivity index (χ4v) is 4.00. The van der Waals surface area contributed by atoms with E-state index in [9.17, 15) is 35.8 Å². The summed E-state index contributed by atoms with van der Waals surface area (Å²) >= 11 is 11.8. The van der Waals surface area contributed by atoms with Gasteiger partial charge in [-0.25, -0.2) is 8.89 Å². The zero-order valence-corrected chi connectivity index (χ0v) is 17.6. The number of nitriles is 1. The van der Waals surface area contributed by atoms with Crippen LogP contribution >= 0.6 is 23.2 Å². The summed E-state index contributed by atoms with van der Waals surface area (Å²) in [5.74, 6) is -0.605. The molecule has 32 heavy (non-hydrogen) atoms. The Hall–Kier alpha value is -2.75. The predicted molar refractivity (Wildman–Crippen MR) is 105 cm³/mol. The maximum Gasteiger partial charge on any atom is 0.476 e. The number of nitrogens with one attached hydrogen (secondary N) is 1. The molecule has 1 atom stereocenters. The lowest BCUT2D eigenvalue weighted by molar-refractivity contribution is -0.137. The zero-order valence-electron chi connectivity index (χ0n) is 15.2. The molecular weight excluding hydrogens is 505 g/mol. The van der Waals surface area contributed by atoms with Crippen molar-refractivity contribution in [3.05, 3.63) is 63.8 Å². The highest BCUT2D eigenvalue weighted by molar-refractivity contribution is 7.86. The Morgan fingerprint density at radius 2 is 1.59 bits per heavy atom. The number of para-hydroxylation sites is 1. The second-order valence-corrected chi connectivity index (χ2v) is 8.26. The van der Waals surface area contributed by atoms with Gasteiger partial charge in [-0.05, 0) is 24.3 Å². The van der Waals surface area contributed by atoms with E-state index in [1.54, 1.807) is 6.07 Å². The summed E-state index contributed by atoms with van der Waals surface area (Å²) < 4.78 is 91.8. The molecule has 14 heteroatoms. The summed E-state index contributed by atoms with van der Waals surface area (Å²) in [6.45, 7) is 0. The van der Waals surface area contributed by atoms with Crippen LogP contribution in [0.5, 0.6) is 0 Å². The van der Waals surface area contributed by atoms with Crippen molar-refractivity contribution in [2.45, 2.75) is 16.6 Å². The first-order valence-electron chi connectivity index (χ1n) is 8.25. The number of rotatable bonds is 4. The van der Waals surface area contributed by atoms with Crippen molar-refractivity contribution >= 4 is 45.5 Å². The van der Waals surface area contributed by atoms with Crippen LogP contribution in [0.15, 0.2) is 47.4 Å². The van der Waals surface area contributed by atoms with Crippen LogP contribution in [0.4, 0.5) is 37.8 Å². The molecule has 0 saturated heterocycles. The van der Waals surface area contributed by atoms with Gasteiger partial charge < -0.3 is 5.32 Å². The van der Waals surface area contributed by atoms with E-state index in [1.807, 2.05) is 0 Å². The molecule has 2 aromatic carbocycles. The van der Waals surface area contributed by atoms with Gasteiger partial charge in [-0.3, -0.25) is 0 Å². The van der Waals surface area contributed by atoms with Crippen LogP contribution in [-0.2, 0) is 17.0 Å². The van der Waals surface area contributed by atoms with Gasteiger partial charge in [0.1, 0.15) is 11.0 Å². The Morgan fingerprint density at radius 1 is 1.03 bits per heavy atom. The minimum absolute atomic E-state index is 0.163. The lowest BCUT2D eigenvalue weighted by Gasteiger charge is -2.16. The van der Waals surface area contributed by atoms with E-state index in [0.717, 1.165) is 4.68 Å². The maximum absolute atomic E-state index is 13.3. The second kappa shape index (κ2) is 8.65. The van der Waals surface area contributed by atoms with E-state index in [-0.39, 0.29) is 5.69 Å². The van der Waals surface area contributed by atoms with Crippen molar-refractivity contribution < 1.29 is 30.6 Å². The van der Waals surface area contributed by atoms with Gasteiger partial charge in [-0.2, -0.15) is 36.7 Å². The third-order valence-electron chi connectivity index (χ3n) is 3.96. The van der Waals surface area contributed by atoms with Crippen molar-refractivity contribution in [3.63, 3.8) is 0 Å². The first-order chi connectivity index (χ1) is 14.8. The zero-order chi connectivity index (χ0) is 23.8. The molecule has 3 rings (SSSR count). The third-order valence-corrected chi connectivity index (χ3v) is 5.73. The summed E-state index contributed by atoms with van der Waals surface area (Å²) in [6, 6.07) is 9.97. The van der Waals surface area contributed by atoms with Crippen LogP contribution in [0.25, 0.3) is 5.69 Å². The van der Waals surface area contributed by atoms with Crippen molar-refractivity contribution in [1.82, 2.24) is 9.78 Å². The second-order valence-electron chi connectivity index (χ2n) is 6.04. The molecule has 0 aliphatic carbocycles. The third kappa shape index (κ3) is 4.69. The number of hydrogen-bond acceptors (Lipinski definition) is 4. The molecule has 1 unspecified atom stereocenters. The SMILES string of the molecule is N#Cc1nn(-c2ccccc2)c(Nc2c(Cl)cc(C(F)(F)F)cc2Cl)c1S(=O)C(F)(F)F. The largest absolute Gasteiger partial charge is 0.476 e. The molecule has 1 N–H and O–H groups in total. The van der Waals surface area contributed by atoms with E-state index in [1.165, 1.54) is 30.3 Å². The number of alkyl halides is 6. The highest BCUT2D eigenvalue weighted by Gasteiger charge is 2.43. The van der Waals surface area contributed by atoms with Crippen LogP contribution in [0.2, 0.25) is 10.0 Å². The van der Waals surface area contributed by atoms with Crippen LogP contribution in [-0.4, -0.2) is 19.5 Å². The molecule has 168 valence electrons. The molecule has 0 fully saturated rings. The molecule has 0 aliphatic rings. The molecule has 0 aliphatic heterocycles. The lowest BCUT2D eigenvalue weighted by Crippen LogP contribution is -2.18. The smallest absolute Gasteiger partial charge is 0.337 e.